The van der Waals surface area contributed by atoms with Gasteiger partial charge in [0.2, 0.25) is 0 Å². The summed E-state index contributed by atoms with van der Waals surface area (Å²) in [6, 6.07) is 10.7. The molecule has 1 aliphatic rings. The van der Waals surface area contributed by atoms with E-state index >= 15 is 0 Å². The van der Waals surface area contributed by atoms with Crippen molar-refractivity contribution in [3.8, 4) is 5.75 Å². The van der Waals surface area contributed by atoms with E-state index < -0.39 is 0 Å². The van der Waals surface area contributed by atoms with Crippen LogP contribution in [0.15, 0.2) is 35.3 Å². The molecule has 0 bridgehead atoms. The monoisotopic (exact) mass is 387 g/mol. The van der Waals surface area contributed by atoms with Crippen LogP contribution in [0.2, 0.25) is 0 Å². The van der Waals surface area contributed by atoms with Gasteiger partial charge in [0.1, 0.15) is 11.9 Å². The topological polar surface area (TPSA) is 54.9 Å². The molecule has 3 rings (SSSR count). The molecule has 1 unspecified atom stereocenters. The van der Waals surface area contributed by atoms with Gasteiger partial charge in [-0.15, -0.1) is 11.3 Å². The minimum Gasteiger partial charge on any atom is -0.488 e. The van der Waals surface area contributed by atoms with E-state index in [1.807, 2.05) is 11.3 Å². The fourth-order valence-electron chi connectivity index (χ4n) is 2.98. The molecule has 27 heavy (non-hydrogen) atoms. The molecule has 0 radical (unpaired) electrons. The number of hydrogen-bond acceptors (Lipinski definition) is 4. The number of aliphatic imine (C=N–C) groups is 1. The first-order valence-electron chi connectivity index (χ1n) is 9.54. The Kier molecular flexibility index (Phi) is 7.12. The molecule has 1 atom stereocenters. The van der Waals surface area contributed by atoms with Gasteiger partial charge in [0.15, 0.2) is 5.96 Å². The van der Waals surface area contributed by atoms with Crippen LogP contribution in [0.1, 0.15) is 34.2 Å². The number of hydrogen-bond donors (Lipinski definition) is 2. The molecule has 1 aromatic carbocycles. The summed E-state index contributed by atoms with van der Waals surface area (Å²) in [5.74, 6) is 1.72. The Morgan fingerprint density at radius 3 is 2.74 bits per heavy atom. The number of aryl methyl sites for hydroxylation is 2. The van der Waals surface area contributed by atoms with Crippen LogP contribution in [0.5, 0.6) is 5.75 Å². The van der Waals surface area contributed by atoms with Crippen molar-refractivity contribution in [1.82, 2.24) is 10.6 Å². The Hall–Kier alpha value is -2.05. The average Bonchev–Trinajstić information content (AvgIpc) is 3.35. The third-order valence-corrected chi connectivity index (χ3v) is 5.80. The largest absolute Gasteiger partial charge is 0.488 e. The second-order valence-corrected chi connectivity index (χ2v) is 7.97. The molecule has 0 amide bonds. The lowest BCUT2D eigenvalue weighted by atomic mass is 10.1. The van der Waals surface area contributed by atoms with Crippen molar-refractivity contribution in [2.75, 3.05) is 20.3 Å². The molecular formula is C21H29N3O2S. The highest BCUT2D eigenvalue weighted by atomic mass is 32.1. The van der Waals surface area contributed by atoms with Crippen LogP contribution >= 0.6 is 11.3 Å². The van der Waals surface area contributed by atoms with E-state index in [2.05, 4.69) is 59.8 Å². The zero-order valence-corrected chi connectivity index (χ0v) is 17.2. The molecule has 5 nitrogen and oxygen atoms in total. The number of ether oxygens (including phenoxy) is 2. The third-order valence-electron chi connectivity index (χ3n) is 4.57. The number of thiophene rings is 1. The second kappa shape index (κ2) is 9.76. The maximum absolute atomic E-state index is 6.17. The fraction of sp³-hybridized carbons (Fsp3) is 0.476. The molecule has 0 aliphatic carbocycles. The molecule has 1 fully saturated rings. The summed E-state index contributed by atoms with van der Waals surface area (Å²) in [6.45, 7) is 7.16. The van der Waals surface area contributed by atoms with Gasteiger partial charge in [-0.3, -0.25) is 4.99 Å². The molecule has 1 aromatic heterocycles. The zero-order valence-electron chi connectivity index (χ0n) is 16.4. The Morgan fingerprint density at radius 2 is 2.04 bits per heavy atom. The lowest BCUT2D eigenvalue weighted by Crippen LogP contribution is -2.36. The van der Waals surface area contributed by atoms with Gasteiger partial charge < -0.3 is 20.1 Å². The van der Waals surface area contributed by atoms with Crippen LogP contribution in [-0.2, 0) is 24.2 Å². The van der Waals surface area contributed by atoms with Gasteiger partial charge in [-0.2, -0.15) is 0 Å². The van der Waals surface area contributed by atoms with Crippen LogP contribution in [-0.4, -0.2) is 32.3 Å². The van der Waals surface area contributed by atoms with Crippen LogP contribution in [0.25, 0.3) is 0 Å². The van der Waals surface area contributed by atoms with E-state index in [-0.39, 0.29) is 6.10 Å². The SMILES string of the molecule is CCc1ccc(CNC(=NC)NCc2ccc(C)cc2OC2CCOC2)s1. The Bertz CT molecular complexity index is 767. The van der Waals surface area contributed by atoms with Crippen molar-refractivity contribution in [2.24, 2.45) is 4.99 Å². The summed E-state index contributed by atoms with van der Waals surface area (Å²) in [6.07, 6.45) is 2.18. The van der Waals surface area contributed by atoms with Crippen LogP contribution in [0.4, 0.5) is 0 Å². The van der Waals surface area contributed by atoms with Gasteiger partial charge in [0.25, 0.3) is 0 Å². The molecule has 1 saturated heterocycles. The van der Waals surface area contributed by atoms with Crippen molar-refractivity contribution in [2.45, 2.75) is 45.9 Å². The molecule has 146 valence electrons. The highest BCUT2D eigenvalue weighted by Gasteiger charge is 2.18. The first-order chi connectivity index (χ1) is 13.2. The maximum atomic E-state index is 6.17. The molecule has 1 aliphatic heterocycles. The van der Waals surface area contributed by atoms with Gasteiger partial charge in [-0.1, -0.05) is 19.1 Å². The smallest absolute Gasteiger partial charge is 0.191 e. The summed E-state index contributed by atoms with van der Waals surface area (Å²) >= 11 is 1.84. The van der Waals surface area contributed by atoms with Gasteiger partial charge in [0.05, 0.1) is 19.8 Å². The van der Waals surface area contributed by atoms with E-state index in [1.165, 1.54) is 15.3 Å². The molecule has 2 aromatic rings. The molecule has 2 heterocycles. The Labute approximate surface area is 165 Å². The Balaban J connectivity index is 1.57. The number of rotatable bonds is 7. The number of nitrogens with one attached hydrogen (secondary N) is 2. The standard InChI is InChI=1S/C21H29N3O2S/c1-4-18-7-8-19(27-18)13-24-21(22-3)23-12-16-6-5-15(2)11-20(16)26-17-9-10-25-14-17/h5-8,11,17H,4,9-10,12-14H2,1-3H3,(H2,22,23,24). The summed E-state index contributed by atoms with van der Waals surface area (Å²) in [5, 5.41) is 6.78. The first kappa shape index (κ1) is 19.7. The molecular weight excluding hydrogens is 358 g/mol. The lowest BCUT2D eigenvalue weighted by molar-refractivity contribution is 0.140. The van der Waals surface area contributed by atoms with Crippen molar-refractivity contribution in [3.63, 3.8) is 0 Å². The molecule has 6 heteroatoms. The Morgan fingerprint density at radius 1 is 1.22 bits per heavy atom. The van der Waals surface area contributed by atoms with Gasteiger partial charge in [0, 0.05) is 35.3 Å². The van der Waals surface area contributed by atoms with E-state index in [0.717, 1.165) is 43.3 Å². The summed E-state index contributed by atoms with van der Waals surface area (Å²) in [4.78, 5) is 7.06. The predicted molar refractivity (Wildman–Crippen MR) is 112 cm³/mol. The van der Waals surface area contributed by atoms with Crippen molar-refractivity contribution < 1.29 is 9.47 Å². The van der Waals surface area contributed by atoms with Crippen LogP contribution in [0, 0.1) is 6.92 Å². The van der Waals surface area contributed by atoms with E-state index in [9.17, 15) is 0 Å². The highest BCUT2D eigenvalue weighted by molar-refractivity contribution is 7.11. The first-order valence-corrected chi connectivity index (χ1v) is 10.4. The predicted octanol–water partition coefficient (Wildman–Crippen LogP) is 3.65. The van der Waals surface area contributed by atoms with Crippen molar-refractivity contribution >= 4 is 17.3 Å². The molecule has 0 saturated carbocycles. The van der Waals surface area contributed by atoms with Crippen molar-refractivity contribution in [3.05, 3.63) is 51.2 Å². The number of nitrogens with zero attached hydrogens (tertiary/aromatic N) is 1. The normalized spacial score (nSPS) is 17.1. The molecule has 2 N–H and O–H groups in total. The fourth-order valence-corrected chi connectivity index (χ4v) is 3.88. The average molecular weight is 388 g/mol. The minimum absolute atomic E-state index is 0.148. The van der Waals surface area contributed by atoms with Gasteiger partial charge >= 0.3 is 0 Å². The number of benzene rings is 1. The van der Waals surface area contributed by atoms with Crippen LogP contribution < -0.4 is 15.4 Å². The molecule has 0 spiro atoms. The van der Waals surface area contributed by atoms with Crippen LogP contribution in [0.3, 0.4) is 0 Å². The minimum atomic E-state index is 0.148. The van der Waals surface area contributed by atoms with E-state index in [0.29, 0.717) is 13.2 Å². The number of guanidine groups is 1. The quantitative estimate of drug-likeness (QED) is 0.562. The maximum Gasteiger partial charge on any atom is 0.191 e. The lowest BCUT2D eigenvalue weighted by Gasteiger charge is -2.18. The third kappa shape index (κ3) is 5.71. The summed E-state index contributed by atoms with van der Waals surface area (Å²) < 4.78 is 11.6. The van der Waals surface area contributed by atoms with Gasteiger partial charge in [-0.25, -0.2) is 0 Å². The van der Waals surface area contributed by atoms with Gasteiger partial charge in [-0.05, 0) is 37.1 Å². The van der Waals surface area contributed by atoms with E-state index in [1.54, 1.807) is 7.05 Å². The zero-order chi connectivity index (χ0) is 19.1. The summed E-state index contributed by atoms with van der Waals surface area (Å²) in [7, 11) is 1.80. The second-order valence-electron chi connectivity index (χ2n) is 6.72. The summed E-state index contributed by atoms with van der Waals surface area (Å²) in [5.41, 5.74) is 2.32. The van der Waals surface area contributed by atoms with E-state index in [4.69, 9.17) is 9.47 Å². The van der Waals surface area contributed by atoms with Crippen molar-refractivity contribution in [1.29, 1.82) is 0 Å². The highest BCUT2D eigenvalue weighted by Crippen LogP contribution is 2.24.